The van der Waals surface area contributed by atoms with Crippen LogP contribution in [0.1, 0.15) is 123 Å². The number of fused-ring (bicyclic) bond motifs is 1. The molecule has 0 radical (unpaired) electrons. The molecule has 1 saturated heterocycles. The molecule has 7 atom stereocenters. The number of unbranched alkanes of at least 4 members (excludes halogenated alkanes) is 13. The second-order valence-electron chi connectivity index (χ2n) is 16.7. The van der Waals surface area contributed by atoms with E-state index in [0.717, 1.165) is 48.2 Å². The van der Waals surface area contributed by atoms with Crippen molar-refractivity contribution in [3.63, 3.8) is 0 Å². The van der Waals surface area contributed by atoms with Crippen LogP contribution in [-0.2, 0) is 50.7 Å². The number of hydrogen-bond donors (Lipinski definition) is 9. The minimum absolute atomic E-state index is 0.0325. The number of ether oxygens (including phenoxy) is 1. The van der Waals surface area contributed by atoms with Crippen molar-refractivity contribution in [3.8, 4) is 0 Å². The molecule has 3 unspecified atom stereocenters. The summed E-state index contributed by atoms with van der Waals surface area (Å²) in [7, 11) is -16.4. The van der Waals surface area contributed by atoms with Gasteiger partial charge in [0, 0.05) is 30.7 Å². The molecule has 10 N–H and O–H groups in total. The predicted octanol–water partition coefficient (Wildman–Crippen LogP) is 4.70. The average Bonchev–Trinajstić information content (AvgIpc) is 3.81. The van der Waals surface area contributed by atoms with Crippen LogP contribution in [0.2, 0.25) is 0 Å². The van der Waals surface area contributed by atoms with Gasteiger partial charge in [-0.25, -0.2) is 28.6 Å². The zero-order chi connectivity index (χ0) is 49.7. The minimum atomic E-state index is -5.58. The number of rotatable bonds is 34. The number of imidazole rings is 1. The van der Waals surface area contributed by atoms with Crippen LogP contribution in [0.5, 0.6) is 0 Å². The topological polar surface area (TPSA) is 364 Å². The number of aliphatic hydroxyl groups excluding tert-OH is 2. The highest BCUT2D eigenvalue weighted by Gasteiger charge is 2.50. The van der Waals surface area contributed by atoms with Gasteiger partial charge in [-0.15, -0.1) is 0 Å². The highest BCUT2D eigenvalue weighted by molar-refractivity contribution is 8.14. The number of allylic oxidation sites excluding steroid dienone is 1. The molecule has 0 bridgehead atoms. The van der Waals surface area contributed by atoms with Gasteiger partial charge in [0.15, 0.2) is 17.7 Å². The van der Waals surface area contributed by atoms with Gasteiger partial charge in [0.05, 0.1) is 19.5 Å². The Kier molecular flexibility index (Phi) is 25.2. The molecular weight excluding hydrogens is 963 g/mol. The first kappa shape index (κ1) is 58.6. The highest BCUT2D eigenvalue weighted by Crippen LogP contribution is 2.61. The molecule has 2 aromatic heterocycles. The van der Waals surface area contributed by atoms with Crippen LogP contribution in [0, 0.1) is 5.41 Å². The van der Waals surface area contributed by atoms with Crippen molar-refractivity contribution in [2.24, 2.45) is 5.41 Å². The average molecular weight is 1030 g/mol. The number of phosphoric ester groups is 3. The first-order valence-corrected chi connectivity index (χ1v) is 27.8. The molecule has 3 rings (SSSR count). The van der Waals surface area contributed by atoms with E-state index in [-0.39, 0.29) is 41.6 Å². The number of carbonyl (C=O) groups excluding carboxylic acids is 3. The number of phosphoric acid groups is 3. The largest absolute Gasteiger partial charge is 0.481 e. The zero-order valence-electron chi connectivity index (χ0n) is 38.1. The van der Waals surface area contributed by atoms with Gasteiger partial charge in [0.2, 0.25) is 16.9 Å². The zero-order valence-corrected chi connectivity index (χ0v) is 41.6. The van der Waals surface area contributed by atoms with Crippen LogP contribution in [0.15, 0.2) is 24.8 Å². The summed E-state index contributed by atoms with van der Waals surface area (Å²) >= 11 is 1.07. The van der Waals surface area contributed by atoms with E-state index in [2.05, 4.69) is 41.3 Å². The normalized spacial score (nSPS) is 20.2. The Labute approximate surface area is 394 Å². The van der Waals surface area contributed by atoms with Crippen LogP contribution >= 0.6 is 35.2 Å². The number of aromatic nitrogens is 4. The van der Waals surface area contributed by atoms with Crippen LogP contribution in [0.4, 0.5) is 5.82 Å². The number of nitrogens with two attached hydrogens (primary N) is 1. The molecule has 2 aromatic rings. The van der Waals surface area contributed by atoms with E-state index < -0.39 is 84.6 Å². The first-order chi connectivity index (χ1) is 31.6. The molecule has 1 aliphatic heterocycles. The maximum atomic E-state index is 12.7. The lowest BCUT2D eigenvalue weighted by molar-refractivity contribution is -0.137. The number of aliphatic hydroxyl groups is 2. The van der Waals surface area contributed by atoms with Gasteiger partial charge in [-0.2, -0.15) is 4.31 Å². The van der Waals surface area contributed by atoms with Gasteiger partial charge >= 0.3 is 23.5 Å². The molecule has 24 nitrogen and oxygen atoms in total. The third-order valence-electron chi connectivity index (χ3n) is 10.5. The van der Waals surface area contributed by atoms with E-state index in [4.69, 9.17) is 19.5 Å². The van der Waals surface area contributed by atoms with Crippen LogP contribution in [0.25, 0.3) is 11.2 Å². The monoisotopic (exact) mass is 1030 g/mol. The number of nitrogen functional groups attached to an aromatic ring is 1. The van der Waals surface area contributed by atoms with Gasteiger partial charge in [0.25, 0.3) is 0 Å². The second-order valence-corrected chi connectivity index (χ2v) is 22.0. The van der Waals surface area contributed by atoms with E-state index in [1.807, 2.05) is 6.08 Å². The Morgan fingerprint density at radius 2 is 1.52 bits per heavy atom. The van der Waals surface area contributed by atoms with E-state index >= 15 is 0 Å². The summed E-state index contributed by atoms with van der Waals surface area (Å²) in [6.07, 6.45) is 14.0. The summed E-state index contributed by atoms with van der Waals surface area (Å²) in [4.78, 5) is 88.2. The van der Waals surface area contributed by atoms with Crippen LogP contribution < -0.4 is 16.4 Å². The van der Waals surface area contributed by atoms with Crippen molar-refractivity contribution in [1.82, 2.24) is 30.2 Å². The molecule has 0 aliphatic carbocycles. The molecule has 2 amide bonds. The summed E-state index contributed by atoms with van der Waals surface area (Å²) in [5.74, 6) is -1.09. The van der Waals surface area contributed by atoms with Crippen LogP contribution in [0.3, 0.4) is 0 Å². The molecule has 1 fully saturated rings. The standard InChI is InChI=1S/C39H68N7O17P3S/c1-4-5-6-7-8-9-10-11-12-13-14-15-16-17-18-19-30(48)67-23-22-41-29(47)20-21-42-37(51)34(50)39(2,3)25-60-66(57,58)63-65(55,56)59-24-28-33(62-64(52,53)54)32(49)38(61-28)46-27-45-31-35(40)43-26-44-36(31)46/h18-19,26-28,32-34,38,49-50H,4-17,20-25H2,1-3H3,(H,41,47)(H,42,51)(H,55,56)(H,57,58)(H2,40,43,44)(H2,52,53,54)/b19-18+/t28-,32?,33+,34+,38-/m1/s1. The molecular formula is C39H68N7O17P3S. The molecule has 28 heteroatoms. The van der Waals surface area contributed by atoms with Crippen molar-refractivity contribution in [2.45, 2.75) is 148 Å². The third-order valence-corrected chi connectivity index (χ3v) is 14.4. The van der Waals surface area contributed by atoms with E-state index in [1.165, 1.54) is 84.5 Å². The Morgan fingerprint density at radius 3 is 2.15 bits per heavy atom. The lowest BCUT2D eigenvalue weighted by Gasteiger charge is -2.30. The van der Waals surface area contributed by atoms with Gasteiger partial charge < -0.3 is 50.9 Å². The summed E-state index contributed by atoms with van der Waals surface area (Å²) < 4.78 is 62.4. The molecule has 67 heavy (non-hydrogen) atoms. The van der Waals surface area contributed by atoms with E-state index in [9.17, 15) is 57.9 Å². The van der Waals surface area contributed by atoms with Crippen molar-refractivity contribution in [3.05, 3.63) is 24.8 Å². The Balaban J connectivity index is 1.31. The summed E-state index contributed by atoms with van der Waals surface area (Å²) in [6.45, 7) is 2.76. The molecule has 3 heterocycles. The minimum Gasteiger partial charge on any atom is -0.386 e. The van der Waals surface area contributed by atoms with E-state index in [1.54, 1.807) is 6.08 Å². The number of anilines is 1. The fraction of sp³-hybridized carbons (Fsp3) is 0.744. The second kappa shape index (κ2) is 28.8. The van der Waals surface area contributed by atoms with Gasteiger partial charge in [0.1, 0.15) is 36.3 Å². The lowest BCUT2D eigenvalue weighted by atomic mass is 9.87. The molecule has 382 valence electrons. The molecule has 0 saturated carbocycles. The molecule has 0 aromatic carbocycles. The number of nitrogens with zero attached hydrogens (tertiary/aromatic N) is 4. The third kappa shape index (κ3) is 21.9. The molecule has 1 aliphatic rings. The lowest BCUT2D eigenvalue weighted by Crippen LogP contribution is -2.46. The quantitative estimate of drug-likeness (QED) is 0.0260. The summed E-state index contributed by atoms with van der Waals surface area (Å²) in [5, 5.41) is 26.5. The highest BCUT2D eigenvalue weighted by atomic mass is 32.2. The first-order valence-electron chi connectivity index (χ1n) is 22.3. The maximum absolute atomic E-state index is 12.7. The SMILES string of the molecule is CCCCCCCCCCCCCCC/C=C/C(=O)SCCNC(=O)CCNC(=O)[C@H](O)C(C)(C)COP(=O)(O)OP(=O)(O)OC[C@H]1O[C@@H](n2cnc3c(N)ncnc32)C(O)[C@H]1OP(=O)(O)O. The fourth-order valence-corrected chi connectivity index (χ4v) is 10.2. The maximum Gasteiger partial charge on any atom is 0.481 e. The van der Waals surface area contributed by atoms with Crippen molar-refractivity contribution in [2.75, 3.05) is 37.8 Å². The van der Waals surface area contributed by atoms with Gasteiger partial charge in [-0.3, -0.25) is 32.5 Å². The van der Waals surface area contributed by atoms with Gasteiger partial charge in [-0.05, 0) is 18.9 Å². The van der Waals surface area contributed by atoms with Crippen molar-refractivity contribution < 1.29 is 80.5 Å². The number of hydrogen-bond acceptors (Lipinski definition) is 18. The predicted molar refractivity (Wildman–Crippen MR) is 247 cm³/mol. The van der Waals surface area contributed by atoms with Crippen LogP contribution in [-0.4, -0.2) is 123 Å². The molecule has 0 spiro atoms. The van der Waals surface area contributed by atoms with E-state index in [0.29, 0.717) is 5.75 Å². The smallest absolute Gasteiger partial charge is 0.386 e. The summed E-state index contributed by atoms with van der Waals surface area (Å²) in [5.41, 5.74) is 4.28. The number of thioether (sulfide) groups is 1. The number of nitrogens with one attached hydrogen (secondary N) is 2. The fourth-order valence-electron chi connectivity index (χ4n) is 6.79. The van der Waals surface area contributed by atoms with Gasteiger partial charge in [-0.1, -0.05) is 116 Å². The van der Waals surface area contributed by atoms with Crippen molar-refractivity contribution >= 4 is 69.1 Å². The Hall–Kier alpha value is -2.70. The number of carbonyl (C=O) groups is 3. The van der Waals surface area contributed by atoms with Crippen molar-refractivity contribution in [1.29, 1.82) is 0 Å². The number of amides is 2. The summed E-state index contributed by atoms with van der Waals surface area (Å²) in [6, 6.07) is 0. The Morgan fingerprint density at radius 1 is 0.910 bits per heavy atom. The Bertz CT molecular complexity index is 2040.